The van der Waals surface area contributed by atoms with Crippen LogP contribution in [0.5, 0.6) is 0 Å². The highest BCUT2D eigenvalue weighted by molar-refractivity contribution is 9.09. The van der Waals surface area contributed by atoms with E-state index in [0.717, 1.165) is 22.8 Å². The third-order valence-corrected chi connectivity index (χ3v) is 4.65. The SMILES string of the molecule is CC(CCC(Br)O[SiH3])C(C)(C)C. The number of halogens is 1. The van der Waals surface area contributed by atoms with Crippen molar-refractivity contribution in [2.45, 2.75) is 45.5 Å². The van der Waals surface area contributed by atoms with Crippen LogP contribution in [0.25, 0.3) is 0 Å². The minimum Gasteiger partial charge on any atom is -0.416 e. The number of rotatable bonds is 4. The van der Waals surface area contributed by atoms with Crippen molar-refractivity contribution in [2.75, 3.05) is 0 Å². The summed E-state index contributed by atoms with van der Waals surface area (Å²) in [5.74, 6) is 0.759. The standard InChI is InChI=1S/C9H21BrOSi/c1-7(9(2,3)4)5-6-8(10)11-12/h7-8H,5-6H2,1-4,12H3. The van der Waals surface area contributed by atoms with Crippen LogP contribution in [0.1, 0.15) is 40.5 Å². The summed E-state index contributed by atoms with van der Waals surface area (Å²) in [7, 11) is 0.825. The van der Waals surface area contributed by atoms with Crippen LogP contribution in [0, 0.1) is 11.3 Å². The molecular weight excluding hydrogens is 232 g/mol. The lowest BCUT2D eigenvalue weighted by atomic mass is 9.79. The van der Waals surface area contributed by atoms with E-state index >= 15 is 0 Å². The average molecular weight is 253 g/mol. The van der Waals surface area contributed by atoms with Crippen LogP contribution >= 0.6 is 15.9 Å². The van der Waals surface area contributed by atoms with Gasteiger partial charge in [-0.1, -0.05) is 43.6 Å². The Morgan fingerprint density at radius 1 is 1.33 bits per heavy atom. The Morgan fingerprint density at radius 2 is 1.83 bits per heavy atom. The topological polar surface area (TPSA) is 9.23 Å². The molecule has 0 aromatic rings. The van der Waals surface area contributed by atoms with E-state index in [1.165, 1.54) is 6.42 Å². The maximum absolute atomic E-state index is 5.27. The predicted octanol–water partition coefficient (Wildman–Crippen LogP) is 2.47. The largest absolute Gasteiger partial charge is 0.416 e. The minimum absolute atomic E-state index is 0.286. The second kappa shape index (κ2) is 5.40. The van der Waals surface area contributed by atoms with Crippen LogP contribution in [-0.4, -0.2) is 15.5 Å². The zero-order valence-electron chi connectivity index (χ0n) is 8.86. The van der Waals surface area contributed by atoms with Crippen molar-refractivity contribution in [3.05, 3.63) is 0 Å². The van der Waals surface area contributed by atoms with Crippen molar-refractivity contribution in [3.63, 3.8) is 0 Å². The molecule has 0 heterocycles. The molecule has 1 nitrogen and oxygen atoms in total. The van der Waals surface area contributed by atoms with Crippen molar-refractivity contribution in [1.82, 2.24) is 0 Å². The van der Waals surface area contributed by atoms with E-state index in [1.54, 1.807) is 0 Å². The maximum Gasteiger partial charge on any atom is 0.147 e. The lowest BCUT2D eigenvalue weighted by Crippen LogP contribution is -2.18. The van der Waals surface area contributed by atoms with Gasteiger partial charge in [-0.25, -0.2) is 0 Å². The van der Waals surface area contributed by atoms with Gasteiger partial charge in [-0.05, 0) is 24.2 Å². The van der Waals surface area contributed by atoms with E-state index in [1.807, 2.05) is 0 Å². The van der Waals surface area contributed by atoms with Gasteiger partial charge in [0.2, 0.25) is 0 Å². The number of alkyl halides is 1. The molecule has 0 amide bonds. The van der Waals surface area contributed by atoms with E-state index in [-0.39, 0.29) is 5.01 Å². The molecule has 2 atom stereocenters. The van der Waals surface area contributed by atoms with Gasteiger partial charge in [0, 0.05) is 0 Å². The van der Waals surface area contributed by atoms with E-state index in [9.17, 15) is 0 Å². The molecule has 0 radical (unpaired) electrons. The third kappa shape index (κ3) is 5.33. The molecule has 0 aliphatic carbocycles. The van der Waals surface area contributed by atoms with Crippen LogP contribution in [0.15, 0.2) is 0 Å². The van der Waals surface area contributed by atoms with Gasteiger partial charge >= 0.3 is 0 Å². The third-order valence-electron chi connectivity index (χ3n) is 2.56. The Morgan fingerprint density at radius 3 is 2.17 bits per heavy atom. The van der Waals surface area contributed by atoms with Crippen LogP contribution in [0.4, 0.5) is 0 Å². The van der Waals surface area contributed by atoms with Gasteiger partial charge in [-0.15, -0.1) is 0 Å². The highest BCUT2D eigenvalue weighted by atomic mass is 79.9. The lowest BCUT2D eigenvalue weighted by Gasteiger charge is -2.27. The second-order valence-corrected chi connectivity index (χ2v) is 5.98. The van der Waals surface area contributed by atoms with Crippen LogP contribution in [0.2, 0.25) is 0 Å². The van der Waals surface area contributed by atoms with Crippen LogP contribution < -0.4 is 0 Å². The summed E-state index contributed by atoms with van der Waals surface area (Å²) in [5, 5.41) is 0.286. The van der Waals surface area contributed by atoms with Crippen molar-refractivity contribution < 1.29 is 4.43 Å². The van der Waals surface area contributed by atoms with Crippen LogP contribution in [-0.2, 0) is 4.43 Å². The molecule has 0 rings (SSSR count). The first kappa shape index (κ1) is 12.7. The van der Waals surface area contributed by atoms with Gasteiger partial charge in [0.05, 0.1) is 5.01 Å². The molecule has 0 bridgehead atoms. The molecule has 0 aliphatic rings. The average Bonchev–Trinajstić information content (AvgIpc) is 1.97. The van der Waals surface area contributed by atoms with Crippen molar-refractivity contribution in [2.24, 2.45) is 11.3 Å². The molecule has 0 saturated carbocycles. The Balaban J connectivity index is 3.64. The number of hydrogen-bond donors (Lipinski definition) is 0. The highest BCUT2D eigenvalue weighted by Gasteiger charge is 2.20. The van der Waals surface area contributed by atoms with Crippen molar-refractivity contribution >= 4 is 26.4 Å². The van der Waals surface area contributed by atoms with Gasteiger partial charge in [-0.3, -0.25) is 0 Å². The Kier molecular flexibility index (Phi) is 5.70. The van der Waals surface area contributed by atoms with Gasteiger partial charge in [0.1, 0.15) is 10.5 Å². The Labute approximate surface area is 87.9 Å². The fraction of sp³-hybridized carbons (Fsp3) is 1.00. The van der Waals surface area contributed by atoms with Gasteiger partial charge in [0.15, 0.2) is 0 Å². The van der Waals surface area contributed by atoms with E-state index in [2.05, 4.69) is 43.6 Å². The summed E-state index contributed by atoms with van der Waals surface area (Å²) in [4.78, 5) is 0. The van der Waals surface area contributed by atoms with Gasteiger partial charge in [-0.2, -0.15) is 0 Å². The van der Waals surface area contributed by atoms with Crippen molar-refractivity contribution in [1.29, 1.82) is 0 Å². The molecule has 12 heavy (non-hydrogen) atoms. The zero-order chi connectivity index (χ0) is 9.78. The molecule has 0 aliphatic heterocycles. The molecule has 0 saturated heterocycles. The second-order valence-electron chi connectivity index (χ2n) is 4.49. The molecule has 2 unspecified atom stereocenters. The summed E-state index contributed by atoms with van der Waals surface area (Å²) in [5.41, 5.74) is 0.428. The lowest BCUT2D eigenvalue weighted by molar-refractivity contribution is 0.217. The molecule has 0 aromatic heterocycles. The molecule has 0 spiro atoms. The first-order valence-corrected chi connectivity index (χ1v) is 6.28. The van der Waals surface area contributed by atoms with Crippen LogP contribution in [0.3, 0.4) is 0 Å². The van der Waals surface area contributed by atoms with Gasteiger partial charge < -0.3 is 4.43 Å². The Bertz CT molecular complexity index is 122. The fourth-order valence-corrected chi connectivity index (χ4v) is 1.43. The number of hydrogen-bond acceptors (Lipinski definition) is 1. The molecule has 0 N–H and O–H groups in total. The smallest absolute Gasteiger partial charge is 0.147 e. The van der Waals surface area contributed by atoms with Crippen molar-refractivity contribution in [3.8, 4) is 0 Å². The maximum atomic E-state index is 5.27. The molecule has 3 heteroatoms. The summed E-state index contributed by atoms with van der Waals surface area (Å²) in [6.07, 6.45) is 2.36. The molecule has 0 fully saturated rings. The fourth-order valence-electron chi connectivity index (χ4n) is 0.932. The first-order valence-electron chi connectivity index (χ1n) is 4.54. The Hall–Kier alpha value is 0.657. The zero-order valence-corrected chi connectivity index (χ0v) is 12.4. The summed E-state index contributed by atoms with van der Waals surface area (Å²) in [6.45, 7) is 9.19. The van der Waals surface area contributed by atoms with Gasteiger partial charge in [0.25, 0.3) is 0 Å². The predicted molar refractivity (Wildman–Crippen MR) is 61.6 cm³/mol. The van der Waals surface area contributed by atoms with E-state index in [4.69, 9.17) is 4.43 Å². The summed E-state index contributed by atoms with van der Waals surface area (Å²) >= 11 is 3.48. The first-order chi connectivity index (χ1) is 5.38. The van der Waals surface area contributed by atoms with E-state index < -0.39 is 0 Å². The quantitative estimate of drug-likeness (QED) is 0.552. The highest BCUT2D eigenvalue weighted by Crippen LogP contribution is 2.30. The monoisotopic (exact) mass is 252 g/mol. The molecule has 74 valence electrons. The van der Waals surface area contributed by atoms with E-state index in [0.29, 0.717) is 5.41 Å². The minimum atomic E-state index is 0.286. The summed E-state index contributed by atoms with van der Waals surface area (Å²) < 4.78 is 5.27. The molecular formula is C9H21BrOSi. The molecule has 0 aromatic carbocycles. The summed E-state index contributed by atoms with van der Waals surface area (Å²) in [6, 6.07) is 0. The normalized spacial score (nSPS) is 17.8.